The lowest BCUT2D eigenvalue weighted by molar-refractivity contribution is -0.201. The maximum absolute atomic E-state index is 13.6. The Kier molecular flexibility index (Phi) is 7.46. The van der Waals surface area contributed by atoms with Gasteiger partial charge in [0.25, 0.3) is 0 Å². The van der Waals surface area contributed by atoms with Crippen molar-refractivity contribution >= 4 is 15.6 Å². The molecule has 3 saturated carbocycles. The predicted octanol–water partition coefficient (Wildman–Crippen LogP) is 5.95. The van der Waals surface area contributed by atoms with Crippen molar-refractivity contribution in [2.24, 2.45) is 51.2 Å². The molecule has 2 N–H and O–H groups in total. The summed E-state index contributed by atoms with van der Waals surface area (Å²) in [5, 5.41) is 14.9. The molecule has 1 saturated heterocycles. The van der Waals surface area contributed by atoms with Crippen LogP contribution in [0.25, 0.3) is 0 Å². The van der Waals surface area contributed by atoms with Gasteiger partial charge < -0.3 is 15.3 Å². The molecule has 6 aliphatic rings. The van der Waals surface area contributed by atoms with E-state index in [0.717, 1.165) is 37.9 Å². The van der Waals surface area contributed by atoms with Crippen LogP contribution in [0.5, 0.6) is 0 Å². The zero-order valence-corrected chi connectivity index (χ0v) is 28.1. The number of sulfone groups is 1. The van der Waals surface area contributed by atoms with Crippen molar-refractivity contribution < 1.29 is 18.3 Å². The van der Waals surface area contributed by atoms with Crippen molar-refractivity contribution in [2.75, 3.05) is 37.7 Å². The zero-order valence-electron chi connectivity index (χ0n) is 27.3. The van der Waals surface area contributed by atoms with Gasteiger partial charge in [0.15, 0.2) is 15.6 Å². The molecule has 0 spiro atoms. The number of fused-ring (bicyclic) bond motifs is 7. The Morgan fingerprint density at radius 3 is 2.38 bits per heavy atom. The Hall–Kier alpha value is -1.18. The number of nitrogens with zero attached hydrogens (tertiary/aromatic N) is 1. The molecule has 0 aromatic carbocycles. The first-order valence-corrected chi connectivity index (χ1v) is 18.7. The molecule has 0 bridgehead atoms. The molecule has 1 heterocycles. The second-order valence-electron chi connectivity index (χ2n) is 16.6. The second-order valence-corrected chi connectivity index (χ2v) is 18.9. The van der Waals surface area contributed by atoms with Crippen molar-refractivity contribution in [1.29, 1.82) is 0 Å². The summed E-state index contributed by atoms with van der Waals surface area (Å²) in [5.41, 5.74) is 2.85. The van der Waals surface area contributed by atoms with Crippen molar-refractivity contribution in [1.82, 2.24) is 10.2 Å². The van der Waals surface area contributed by atoms with Gasteiger partial charge in [-0.15, -0.1) is 0 Å². The molecule has 6 nitrogen and oxygen atoms in total. The standard InChI is InChI=1S/C35H56N2O4S/c1-22(2)30-26(38)20-23-25(36-14-15-37-16-18-42(40,41)19-17-37)21-35(7)24(31(23)30)8-9-28-33(5)12-11-29(39)32(3,4)27(33)10-13-34(28,35)6/h11,22-25,27-28,36,39H,8-10,12-21H2,1-7H3/t23?,24-,25+,27+,28-,33+,34-,35-/m1/s1. The molecule has 0 aromatic heterocycles. The maximum Gasteiger partial charge on any atom is 0.159 e. The lowest BCUT2D eigenvalue weighted by atomic mass is 9.34. The number of aliphatic hydroxyl groups excluding tert-OH is 1. The molecule has 0 aromatic rings. The highest BCUT2D eigenvalue weighted by Crippen LogP contribution is 2.75. The van der Waals surface area contributed by atoms with Crippen molar-refractivity contribution in [3.63, 3.8) is 0 Å². The zero-order chi connectivity index (χ0) is 30.5. The molecule has 1 aliphatic heterocycles. The minimum atomic E-state index is -2.88. The largest absolute Gasteiger partial charge is 0.512 e. The van der Waals surface area contributed by atoms with Gasteiger partial charge in [-0.1, -0.05) is 54.0 Å². The summed E-state index contributed by atoms with van der Waals surface area (Å²) >= 11 is 0. The fourth-order valence-electron chi connectivity index (χ4n) is 11.8. The number of Topliss-reactive ketones (excluding diaryl/α,β-unsaturated/α-hetero) is 1. The summed E-state index contributed by atoms with van der Waals surface area (Å²) in [6.45, 7) is 19.6. The van der Waals surface area contributed by atoms with Gasteiger partial charge in [0.1, 0.15) is 0 Å². The summed E-state index contributed by atoms with van der Waals surface area (Å²) in [4.78, 5) is 15.9. The van der Waals surface area contributed by atoms with E-state index in [9.17, 15) is 18.3 Å². The highest BCUT2D eigenvalue weighted by Gasteiger charge is 2.68. The van der Waals surface area contributed by atoms with Gasteiger partial charge in [0.05, 0.1) is 17.3 Å². The minimum absolute atomic E-state index is 0.0880. The number of carbonyl (C=O) groups is 1. The van der Waals surface area contributed by atoms with E-state index in [-0.39, 0.29) is 51.0 Å². The van der Waals surface area contributed by atoms with Crippen LogP contribution in [0.3, 0.4) is 0 Å². The van der Waals surface area contributed by atoms with Crippen LogP contribution >= 0.6 is 0 Å². The number of nitrogens with one attached hydrogen (secondary N) is 1. The average Bonchev–Trinajstić information content (AvgIpc) is 3.25. The number of carbonyl (C=O) groups excluding carboxylic acids is 1. The molecule has 42 heavy (non-hydrogen) atoms. The number of rotatable bonds is 5. The Morgan fingerprint density at radius 2 is 1.71 bits per heavy atom. The van der Waals surface area contributed by atoms with Crippen molar-refractivity contribution in [3.05, 3.63) is 23.0 Å². The van der Waals surface area contributed by atoms with Crippen LogP contribution in [-0.2, 0) is 14.6 Å². The van der Waals surface area contributed by atoms with E-state index >= 15 is 0 Å². The summed E-state index contributed by atoms with van der Waals surface area (Å²) in [6, 6.07) is 0.266. The summed E-state index contributed by atoms with van der Waals surface area (Å²) in [7, 11) is -2.88. The Balaban J connectivity index is 1.32. The maximum atomic E-state index is 13.6. The van der Waals surface area contributed by atoms with Crippen LogP contribution in [0.2, 0.25) is 0 Å². The van der Waals surface area contributed by atoms with E-state index in [2.05, 4.69) is 64.8 Å². The van der Waals surface area contributed by atoms with E-state index < -0.39 is 9.84 Å². The van der Waals surface area contributed by atoms with E-state index in [4.69, 9.17) is 0 Å². The highest BCUT2D eigenvalue weighted by molar-refractivity contribution is 7.91. The van der Waals surface area contributed by atoms with Gasteiger partial charge in [-0.3, -0.25) is 4.79 Å². The summed E-state index contributed by atoms with van der Waals surface area (Å²) < 4.78 is 23.9. The number of ketones is 1. The fraction of sp³-hybridized carbons (Fsp3) is 0.857. The smallest absolute Gasteiger partial charge is 0.159 e. The lowest BCUT2D eigenvalue weighted by Gasteiger charge is -2.71. The SMILES string of the molecule is CC(C)C1=C2C(CC1=O)[C@@H](NCCN1CCS(=O)(=O)CC1)C[C@]1(C)[C@@H]2CC[C@@H]2[C@@]3(C)CC=C(O)C(C)(C)[C@@H]3CC[C@]21C. The Morgan fingerprint density at radius 1 is 1.02 bits per heavy atom. The monoisotopic (exact) mass is 600 g/mol. The molecule has 0 radical (unpaired) electrons. The number of allylic oxidation sites excluding steroid dienone is 3. The quantitative estimate of drug-likeness (QED) is 0.406. The van der Waals surface area contributed by atoms with E-state index in [0.29, 0.717) is 48.8 Å². The van der Waals surface area contributed by atoms with Crippen LogP contribution in [-0.4, -0.2) is 67.9 Å². The van der Waals surface area contributed by atoms with Crippen molar-refractivity contribution in [3.8, 4) is 0 Å². The van der Waals surface area contributed by atoms with Crippen LogP contribution in [0.15, 0.2) is 23.0 Å². The van der Waals surface area contributed by atoms with E-state index in [1.54, 1.807) is 0 Å². The molecule has 8 atom stereocenters. The fourth-order valence-corrected chi connectivity index (χ4v) is 13.1. The van der Waals surface area contributed by atoms with Gasteiger partial charge in [-0.25, -0.2) is 8.42 Å². The molecular weight excluding hydrogens is 544 g/mol. The molecule has 5 aliphatic carbocycles. The molecule has 6 rings (SSSR count). The lowest BCUT2D eigenvalue weighted by Crippen LogP contribution is -2.65. The molecule has 4 fully saturated rings. The first-order chi connectivity index (χ1) is 19.5. The first kappa shape index (κ1) is 30.8. The van der Waals surface area contributed by atoms with E-state index in [1.165, 1.54) is 24.8 Å². The number of hydrogen-bond donors (Lipinski definition) is 2. The topological polar surface area (TPSA) is 86.7 Å². The van der Waals surface area contributed by atoms with Gasteiger partial charge in [0.2, 0.25) is 0 Å². The third-order valence-corrected chi connectivity index (χ3v) is 15.8. The molecule has 7 heteroatoms. The number of aliphatic hydroxyl groups is 1. The van der Waals surface area contributed by atoms with Gasteiger partial charge in [-0.05, 0) is 90.1 Å². The number of hydrogen-bond acceptors (Lipinski definition) is 6. The molecule has 0 amide bonds. The Bertz CT molecular complexity index is 1290. The molecular formula is C35H56N2O4S. The third kappa shape index (κ3) is 4.44. The second kappa shape index (κ2) is 10.2. The van der Waals surface area contributed by atoms with Gasteiger partial charge in [0, 0.05) is 50.0 Å². The van der Waals surface area contributed by atoms with Crippen LogP contribution < -0.4 is 5.32 Å². The minimum Gasteiger partial charge on any atom is -0.512 e. The van der Waals surface area contributed by atoms with Gasteiger partial charge in [-0.2, -0.15) is 0 Å². The molecule has 236 valence electrons. The average molecular weight is 601 g/mol. The first-order valence-electron chi connectivity index (χ1n) is 16.9. The van der Waals surface area contributed by atoms with Crippen molar-refractivity contribution in [2.45, 2.75) is 99.5 Å². The normalized spacial score (nSPS) is 44.7. The van der Waals surface area contributed by atoms with E-state index in [1.807, 2.05) is 0 Å². The van der Waals surface area contributed by atoms with Crippen LogP contribution in [0.4, 0.5) is 0 Å². The summed E-state index contributed by atoms with van der Waals surface area (Å²) in [6.07, 6.45) is 9.54. The van der Waals surface area contributed by atoms with Gasteiger partial charge >= 0.3 is 0 Å². The van der Waals surface area contributed by atoms with Crippen LogP contribution in [0, 0.1) is 51.2 Å². The third-order valence-electron chi connectivity index (χ3n) is 14.2. The van der Waals surface area contributed by atoms with Crippen LogP contribution in [0.1, 0.15) is 93.4 Å². The Labute approximate surface area is 255 Å². The summed E-state index contributed by atoms with van der Waals surface area (Å²) in [5.74, 6) is 3.55. The highest BCUT2D eigenvalue weighted by atomic mass is 32.2. The predicted molar refractivity (Wildman–Crippen MR) is 169 cm³/mol. The molecule has 1 unspecified atom stereocenters.